The van der Waals surface area contributed by atoms with Gasteiger partial charge < -0.3 is 5.73 Å². The summed E-state index contributed by atoms with van der Waals surface area (Å²) in [4.78, 5) is 0. The Morgan fingerprint density at radius 1 is 1.33 bits per heavy atom. The highest BCUT2D eigenvalue weighted by Crippen LogP contribution is 2.52. The zero-order chi connectivity index (χ0) is 11.3. The van der Waals surface area contributed by atoms with Gasteiger partial charge in [-0.05, 0) is 24.1 Å². The fourth-order valence-corrected chi connectivity index (χ4v) is 2.72. The van der Waals surface area contributed by atoms with Crippen molar-refractivity contribution in [3.05, 3.63) is 34.3 Å². The lowest BCUT2D eigenvalue weighted by Gasteiger charge is -2.45. The first kappa shape index (κ1) is 10.8. The van der Waals surface area contributed by atoms with Gasteiger partial charge in [0.25, 0.3) is 5.92 Å². The molecule has 0 radical (unpaired) electrons. The molecule has 15 heavy (non-hydrogen) atoms. The van der Waals surface area contributed by atoms with E-state index in [0.717, 1.165) is 5.56 Å². The second kappa shape index (κ2) is 3.16. The van der Waals surface area contributed by atoms with Crippen molar-refractivity contribution >= 4 is 11.6 Å². The highest BCUT2D eigenvalue weighted by molar-refractivity contribution is 6.31. The highest BCUT2D eigenvalue weighted by atomic mass is 35.5. The lowest BCUT2D eigenvalue weighted by atomic mass is 9.68. The maximum absolute atomic E-state index is 12.9. The molecule has 2 rings (SSSR count). The molecule has 1 aromatic rings. The van der Waals surface area contributed by atoms with Crippen molar-refractivity contribution in [3.63, 3.8) is 0 Å². The molecule has 1 aliphatic rings. The minimum absolute atomic E-state index is 0.315. The van der Waals surface area contributed by atoms with Gasteiger partial charge in [-0.2, -0.15) is 0 Å². The second-order valence-corrected chi connectivity index (χ2v) is 4.70. The van der Waals surface area contributed by atoms with Crippen molar-refractivity contribution in [2.75, 3.05) is 0 Å². The van der Waals surface area contributed by atoms with Gasteiger partial charge in [0, 0.05) is 17.9 Å². The molecule has 1 aromatic carbocycles. The maximum Gasteiger partial charge on any atom is 0.252 e. The summed E-state index contributed by atoms with van der Waals surface area (Å²) in [6, 6.07) is 5.32. The molecule has 0 spiro atoms. The van der Waals surface area contributed by atoms with Crippen LogP contribution in [0.4, 0.5) is 8.78 Å². The van der Waals surface area contributed by atoms with Crippen molar-refractivity contribution in [3.8, 4) is 0 Å². The molecule has 0 amide bonds. The first-order valence-electron chi connectivity index (χ1n) is 4.76. The Morgan fingerprint density at radius 3 is 2.40 bits per heavy atom. The van der Waals surface area contributed by atoms with Crippen LogP contribution < -0.4 is 5.73 Å². The van der Waals surface area contributed by atoms with Crippen LogP contribution in [-0.2, 0) is 5.54 Å². The Kier molecular flexibility index (Phi) is 2.28. The lowest BCUT2D eigenvalue weighted by Crippen LogP contribution is -2.56. The number of rotatable bonds is 1. The SMILES string of the molecule is Cc1cccc(Cl)c1C1(N)CC(F)(F)C1. The predicted octanol–water partition coefficient (Wildman–Crippen LogP) is 3.23. The van der Waals surface area contributed by atoms with E-state index in [-0.39, 0.29) is 12.8 Å². The fourth-order valence-electron chi connectivity index (χ4n) is 2.31. The van der Waals surface area contributed by atoms with E-state index in [1.165, 1.54) is 0 Å². The number of nitrogens with two attached hydrogens (primary N) is 1. The summed E-state index contributed by atoms with van der Waals surface area (Å²) in [6.07, 6.45) is -0.630. The topological polar surface area (TPSA) is 26.0 Å². The van der Waals surface area contributed by atoms with E-state index in [2.05, 4.69) is 0 Å². The van der Waals surface area contributed by atoms with Gasteiger partial charge in [-0.3, -0.25) is 0 Å². The largest absolute Gasteiger partial charge is 0.321 e. The first-order valence-corrected chi connectivity index (χ1v) is 5.14. The van der Waals surface area contributed by atoms with Crippen molar-refractivity contribution < 1.29 is 8.78 Å². The molecule has 0 aliphatic heterocycles. The van der Waals surface area contributed by atoms with Crippen LogP contribution in [0.2, 0.25) is 5.02 Å². The average molecular weight is 232 g/mol. The standard InChI is InChI=1S/C11H12ClF2N/c1-7-3-2-4-8(12)9(7)10(15)5-11(13,14)6-10/h2-4H,5-6,15H2,1H3. The minimum atomic E-state index is -2.64. The third kappa shape index (κ3) is 1.74. The van der Waals surface area contributed by atoms with Crippen molar-refractivity contribution in [1.82, 2.24) is 0 Å². The third-order valence-corrected chi connectivity index (χ3v) is 3.18. The van der Waals surface area contributed by atoms with Crippen LogP contribution in [0.5, 0.6) is 0 Å². The van der Waals surface area contributed by atoms with Crippen LogP contribution in [0.15, 0.2) is 18.2 Å². The van der Waals surface area contributed by atoms with Crippen LogP contribution in [0.3, 0.4) is 0 Å². The van der Waals surface area contributed by atoms with Crippen LogP contribution in [0.25, 0.3) is 0 Å². The van der Waals surface area contributed by atoms with E-state index < -0.39 is 11.5 Å². The van der Waals surface area contributed by atoms with Gasteiger partial charge in [-0.15, -0.1) is 0 Å². The summed E-state index contributed by atoms with van der Waals surface area (Å²) in [5.41, 5.74) is 6.52. The smallest absolute Gasteiger partial charge is 0.252 e. The summed E-state index contributed by atoms with van der Waals surface area (Å²) < 4.78 is 25.7. The number of aryl methyl sites for hydroxylation is 1. The summed E-state index contributed by atoms with van der Waals surface area (Å²) in [5.74, 6) is -2.64. The molecule has 4 heteroatoms. The Labute approximate surface area is 92.2 Å². The molecule has 0 heterocycles. The fraction of sp³-hybridized carbons (Fsp3) is 0.455. The van der Waals surface area contributed by atoms with Crippen LogP contribution >= 0.6 is 11.6 Å². The normalized spacial score (nSPS) is 22.2. The van der Waals surface area contributed by atoms with E-state index in [4.69, 9.17) is 17.3 Å². The quantitative estimate of drug-likeness (QED) is 0.789. The van der Waals surface area contributed by atoms with Gasteiger partial charge >= 0.3 is 0 Å². The van der Waals surface area contributed by atoms with E-state index >= 15 is 0 Å². The Hall–Kier alpha value is -0.670. The summed E-state index contributed by atoms with van der Waals surface area (Å²) in [5, 5.41) is 0.480. The molecule has 1 aliphatic carbocycles. The summed E-state index contributed by atoms with van der Waals surface area (Å²) in [6.45, 7) is 1.84. The lowest BCUT2D eigenvalue weighted by molar-refractivity contribution is -0.125. The van der Waals surface area contributed by atoms with E-state index in [1.807, 2.05) is 13.0 Å². The number of hydrogen-bond acceptors (Lipinski definition) is 1. The zero-order valence-corrected chi connectivity index (χ0v) is 9.11. The number of benzene rings is 1. The molecule has 2 N–H and O–H groups in total. The monoisotopic (exact) mass is 231 g/mol. The van der Waals surface area contributed by atoms with Crippen LogP contribution in [0.1, 0.15) is 24.0 Å². The molecular weight excluding hydrogens is 220 g/mol. The molecule has 0 saturated heterocycles. The minimum Gasteiger partial charge on any atom is -0.321 e. The Balaban J connectivity index is 2.39. The molecule has 0 unspecified atom stereocenters. The molecule has 1 fully saturated rings. The van der Waals surface area contributed by atoms with E-state index in [9.17, 15) is 8.78 Å². The maximum atomic E-state index is 12.9. The van der Waals surface area contributed by atoms with Crippen LogP contribution in [-0.4, -0.2) is 5.92 Å². The van der Waals surface area contributed by atoms with Gasteiger partial charge in [-0.1, -0.05) is 23.7 Å². The van der Waals surface area contributed by atoms with Gasteiger partial charge in [0.15, 0.2) is 0 Å². The number of halogens is 3. The molecule has 0 aromatic heterocycles. The Bertz CT molecular complexity index is 375. The molecule has 1 nitrogen and oxygen atoms in total. The molecule has 0 atom stereocenters. The molecular formula is C11H12ClF2N. The number of hydrogen-bond donors (Lipinski definition) is 1. The predicted molar refractivity (Wildman–Crippen MR) is 56.2 cm³/mol. The summed E-state index contributed by atoms with van der Waals surface area (Å²) >= 11 is 5.99. The molecule has 0 bridgehead atoms. The molecule has 82 valence electrons. The summed E-state index contributed by atoms with van der Waals surface area (Å²) in [7, 11) is 0. The van der Waals surface area contributed by atoms with Gasteiger partial charge in [-0.25, -0.2) is 8.78 Å². The van der Waals surface area contributed by atoms with Crippen molar-refractivity contribution in [2.24, 2.45) is 5.73 Å². The van der Waals surface area contributed by atoms with E-state index in [1.54, 1.807) is 12.1 Å². The number of alkyl halides is 2. The van der Waals surface area contributed by atoms with Crippen LogP contribution in [0, 0.1) is 6.92 Å². The molecule has 1 saturated carbocycles. The van der Waals surface area contributed by atoms with Gasteiger partial charge in [0.05, 0.1) is 5.54 Å². The zero-order valence-electron chi connectivity index (χ0n) is 8.36. The van der Waals surface area contributed by atoms with Crippen molar-refractivity contribution in [2.45, 2.75) is 31.2 Å². The first-order chi connectivity index (χ1) is 6.84. The average Bonchev–Trinajstić information content (AvgIpc) is 1.98. The van der Waals surface area contributed by atoms with Crippen molar-refractivity contribution in [1.29, 1.82) is 0 Å². The second-order valence-electron chi connectivity index (χ2n) is 4.30. The highest BCUT2D eigenvalue weighted by Gasteiger charge is 2.56. The Morgan fingerprint density at radius 2 is 1.93 bits per heavy atom. The van der Waals surface area contributed by atoms with Gasteiger partial charge in [0.1, 0.15) is 0 Å². The van der Waals surface area contributed by atoms with E-state index in [0.29, 0.717) is 10.6 Å². The third-order valence-electron chi connectivity index (χ3n) is 2.87. The van der Waals surface area contributed by atoms with Gasteiger partial charge in [0.2, 0.25) is 0 Å².